The van der Waals surface area contributed by atoms with E-state index in [2.05, 4.69) is 38.3 Å². The van der Waals surface area contributed by atoms with Crippen molar-refractivity contribution in [3.63, 3.8) is 0 Å². The number of phenolic OH excluding ortho intramolecular Hbond substituents is 1. The van der Waals surface area contributed by atoms with Crippen molar-refractivity contribution in [1.29, 1.82) is 5.26 Å². The molecule has 1 spiro atoms. The monoisotopic (exact) mass is 763 g/mol. The highest BCUT2D eigenvalue weighted by atomic mass is 32.2. The summed E-state index contributed by atoms with van der Waals surface area (Å²) in [6, 6.07) is 10.3. The molecule has 1 aromatic heterocycles. The molecule has 4 aromatic rings. The van der Waals surface area contributed by atoms with Crippen molar-refractivity contribution in [2.45, 2.75) is 74.6 Å². The Morgan fingerprint density at radius 3 is 2.71 bits per heavy atom. The number of carbonyl (C=O) groups is 2. The number of nitrogens with zero attached hydrogens (tertiary/aromatic N) is 3. The Morgan fingerprint density at radius 2 is 1.93 bits per heavy atom. The van der Waals surface area contributed by atoms with Crippen molar-refractivity contribution in [2.24, 2.45) is 0 Å². The van der Waals surface area contributed by atoms with Gasteiger partial charge in [-0.15, -0.1) is 11.8 Å². The number of nitrogens with one attached hydrogen (secondary N) is 2. The van der Waals surface area contributed by atoms with Gasteiger partial charge in [0.25, 0.3) is 0 Å². The second kappa shape index (κ2) is 12.3. The first-order valence-electron chi connectivity index (χ1n) is 18.7. The van der Waals surface area contributed by atoms with Gasteiger partial charge < -0.3 is 33.8 Å². The molecule has 11 rings (SSSR count). The topological polar surface area (TPSA) is 159 Å². The first kappa shape index (κ1) is 34.5. The molecule has 0 radical (unpaired) electrons. The summed E-state index contributed by atoms with van der Waals surface area (Å²) in [5.74, 6) is 1.15. The third-order valence-electron chi connectivity index (χ3n) is 12.8. The number of aryl methyl sites for hydroxylation is 1. The molecule has 3 N–H and O–H groups in total. The number of hydrogen-bond donors (Lipinski definition) is 3. The third kappa shape index (κ3) is 4.58. The Kier molecular flexibility index (Phi) is 7.71. The fourth-order valence-electron chi connectivity index (χ4n) is 10.6. The van der Waals surface area contributed by atoms with Gasteiger partial charge in [0.1, 0.15) is 18.4 Å². The van der Waals surface area contributed by atoms with Crippen LogP contribution in [0.3, 0.4) is 0 Å². The summed E-state index contributed by atoms with van der Waals surface area (Å²) < 4.78 is 30.7. The average molecular weight is 764 g/mol. The number of ether oxygens (including phenoxy) is 5. The zero-order valence-electron chi connectivity index (χ0n) is 31.1. The van der Waals surface area contributed by atoms with Gasteiger partial charge in [0.05, 0.1) is 36.2 Å². The summed E-state index contributed by atoms with van der Waals surface area (Å²) in [5, 5.41) is 27.4. The number of benzene rings is 3. The molecule has 0 aliphatic carbocycles. The van der Waals surface area contributed by atoms with Gasteiger partial charge >= 0.3 is 11.9 Å². The fraction of sp³-hybridized carbons (Fsp3) is 0.439. The SMILES string of the molecule is COc1c(C)cc2c(c1O)[C@@H]1[C@@H]3[C@@H]4SC[C@]5(NCCc6c5[nH]c5ccccc65)C(=O)OC[C@@H](c5c6c(c(C)c(OC(C)=O)c54)OCO6)N3[C@@H](C#N)[C@H](C2)N1C. The van der Waals surface area contributed by atoms with Gasteiger partial charge in [-0.25, -0.2) is 4.79 Å². The summed E-state index contributed by atoms with van der Waals surface area (Å²) in [7, 11) is 3.57. The Morgan fingerprint density at radius 1 is 1.13 bits per heavy atom. The smallest absolute Gasteiger partial charge is 0.333 e. The number of para-hydroxylation sites is 1. The van der Waals surface area contributed by atoms with Gasteiger partial charge in [0.2, 0.25) is 6.79 Å². The molecular formula is C41H41N5O8S. The van der Waals surface area contributed by atoms with Crippen molar-refractivity contribution in [1.82, 2.24) is 20.1 Å². The average Bonchev–Trinajstić information content (AvgIpc) is 3.81. The maximum Gasteiger partial charge on any atom is 0.333 e. The number of fused-ring (bicyclic) bond motifs is 11. The predicted octanol–water partition coefficient (Wildman–Crippen LogP) is 4.75. The van der Waals surface area contributed by atoms with Gasteiger partial charge in [-0.2, -0.15) is 5.26 Å². The van der Waals surface area contributed by atoms with E-state index in [1.54, 1.807) is 18.9 Å². The molecule has 2 fully saturated rings. The molecule has 13 nitrogen and oxygen atoms in total. The first-order valence-corrected chi connectivity index (χ1v) is 19.7. The number of esters is 2. The molecule has 7 atom stereocenters. The summed E-state index contributed by atoms with van der Waals surface area (Å²) in [6.45, 7) is 5.56. The Labute approximate surface area is 321 Å². The number of nitriles is 1. The fourth-order valence-corrected chi connectivity index (χ4v) is 12.3. The molecule has 0 saturated carbocycles. The van der Waals surface area contributed by atoms with Crippen molar-refractivity contribution >= 4 is 34.6 Å². The minimum absolute atomic E-state index is 0.0356. The third-order valence-corrected chi connectivity index (χ3v) is 14.3. The second-order valence-electron chi connectivity index (χ2n) is 15.4. The zero-order valence-corrected chi connectivity index (χ0v) is 32.0. The lowest BCUT2D eigenvalue weighted by atomic mass is 9.71. The Balaban J connectivity index is 1.25. The lowest BCUT2D eigenvalue weighted by Crippen LogP contribution is -2.69. The number of H-pyrrole nitrogens is 1. The normalized spacial score (nSPS) is 29.1. The number of piperazine rings is 1. The quantitative estimate of drug-likeness (QED) is 0.190. The number of likely N-dealkylation sites (N-methyl/N-ethyl adjacent to an activating group) is 1. The van der Waals surface area contributed by atoms with Crippen LogP contribution in [-0.4, -0.2) is 89.8 Å². The lowest BCUT2D eigenvalue weighted by Gasteiger charge is -2.62. The van der Waals surface area contributed by atoms with Crippen LogP contribution in [0.2, 0.25) is 0 Å². The maximum absolute atomic E-state index is 14.8. The molecule has 0 amide bonds. The van der Waals surface area contributed by atoms with Crippen molar-refractivity contribution in [3.8, 4) is 34.8 Å². The van der Waals surface area contributed by atoms with Gasteiger partial charge in [-0.1, -0.05) is 24.3 Å². The number of methoxy groups -OCH3 is 1. The summed E-state index contributed by atoms with van der Waals surface area (Å²) in [6.07, 6.45) is 1.25. The number of carbonyl (C=O) groups excluding carboxylic acids is 2. The largest absolute Gasteiger partial charge is 0.504 e. The van der Waals surface area contributed by atoms with E-state index in [4.69, 9.17) is 23.7 Å². The molecule has 14 heteroatoms. The van der Waals surface area contributed by atoms with Crippen molar-refractivity contribution < 1.29 is 38.4 Å². The molecule has 4 bridgehead atoms. The van der Waals surface area contributed by atoms with Crippen LogP contribution in [0.25, 0.3) is 10.9 Å². The van der Waals surface area contributed by atoms with Crippen LogP contribution < -0.4 is 24.3 Å². The number of aromatic nitrogens is 1. The van der Waals surface area contributed by atoms with E-state index < -0.39 is 46.9 Å². The van der Waals surface area contributed by atoms with Crippen LogP contribution in [0.4, 0.5) is 0 Å². The van der Waals surface area contributed by atoms with Gasteiger partial charge in [-0.05, 0) is 56.5 Å². The van der Waals surface area contributed by atoms with Crippen LogP contribution in [-0.2, 0) is 32.7 Å². The second-order valence-corrected chi connectivity index (χ2v) is 16.6. The summed E-state index contributed by atoms with van der Waals surface area (Å²) >= 11 is 1.56. The summed E-state index contributed by atoms with van der Waals surface area (Å²) in [4.78, 5) is 35.8. The molecule has 284 valence electrons. The standard InChI is InChI=1S/C41H41N5O8S/c1-18-12-21-13-25-26(14-42)46-27-15-51-40(49)41(39-23(10-11-43-41)22-8-6-7-9-24(22)44-39)16-55-38(32(46)31(45(25)4)28(21)33(48)34(18)50-5)30-29(27)37-36(52-17-53-37)19(2)35(30)54-20(3)47/h6-9,12,25-27,31-32,38,43-44,48H,10-11,13,15-17H2,1-5H3/t25-,26-,27-,31+,32+,38+,41+/m0/s1. The van der Waals surface area contributed by atoms with E-state index in [0.717, 1.165) is 50.8 Å². The number of aromatic hydroxyl groups is 1. The number of rotatable bonds is 2. The van der Waals surface area contributed by atoms with Crippen LogP contribution in [0.15, 0.2) is 30.3 Å². The number of hydrogen-bond acceptors (Lipinski definition) is 13. The van der Waals surface area contributed by atoms with Crippen molar-refractivity contribution in [2.75, 3.05) is 39.9 Å². The molecule has 3 aromatic carbocycles. The van der Waals surface area contributed by atoms with E-state index in [0.29, 0.717) is 47.1 Å². The zero-order chi connectivity index (χ0) is 38.1. The van der Waals surface area contributed by atoms with E-state index in [-0.39, 0.29) is 30.9 Å². The maximum atomic E-state index is 14.8. The molecule has 55 heavy (non-hydrogen) atoms. The molecule has 7 aliphatic heterocycles. The highest BCUT2D eigenvalue weighted by Crippen LogP contribution is 2.64. The van der Waals surface area contributed by atoms with Crippen LogP contribution in [0.1, 0.15) is 68.9 Å². The van der Waals surface area contributed by atoms with E-state index in [9.17, 15) is 20.0 Å². The molecule has 0 unspecified atom stereocenters. The minimum Gasteiger partial charge on any atom is -0.504 e. The Bertz CT molecular complexity index is 2390. The van der Waals surface area contributed by atoms with Gasteiger partial charge in [-0.3, -0.25) is 19.9 Å². The highest BCUT2D eigenvalue weighted by Gasteiger charge is 2.62. The van der Waals surface area contributed by atoms with Crippen LogP contribution in [0, 0.1) is 25.2 Å². The van der Waals surface area contributed by atoms with Crippen molar-refractivity contribution in [3.05, 3.63) is 75.0 Å². The van der Waals surface area contributed by atoms with Crippen LogP contribution >= 0.6 is 11.8 Å². The lowest BCUT2D eigenvalue weighted by molar-refractivity contribution is -0.157. The minimum atomic E-state index is -1.24. The van der Waals surface area contributed by atoms with Gasteiger partial charge in [0, 0.05) is 64.5 Å². The first-order chi connectivity index (χ1) is 26.6. The van der Waals surface area contributed by atoms with E-state index >= 15 is 0 Å². The van der Waals surface area contributed by atoms with E-state index in [1.807, 2.05) is 39.1 Å². The molecular weight excluding hydrogens is 723 g/mol. The number of aromatic amines is 1. The molecule has 7 aliphatic rings. The molecule has 2 saturated heterocycles. The summed E-state index contributed by atoms with van der Waals surface area (Å²) in [5.41, 5.74) is 6.13. The molecule has 8 heterocycles. The van der Waals surface area contributed by atoms with Crippen LogP contribution in [0.5, 0.6) is 28.7 Å². The highest BCUT2D eigenvalue weighted by molar-refractivity contribution is 7.99. The Hall–Kier alpha value is -4.94. The number of phenols is 1. The van der Waals surface area contributed by atoms with E-state index in [1.165, 1.54) is 6.92 Å². The predicted molar refractivity (Wildman–Crippen MR) is 202 cm³/mol. The number of thioether (sulfide) groups is 1. The van der Waals surface area contributed by atoms with Gasteiger partial charge in [0.15, 0.2) is 28.5 Å².